The first-order valence-electron chi connectivity index (χ1n) is 13.5. The Morgan fingerprint density at radius 3 is 2.50 bits per heavy atom. The van der Waals surface area contributed by atoms with Crippen LogP contribution in [0.1, 0.15) is 32.2 Å². The van der Waals surface area contributed by atoms with Crippen molar-refractivity contribution in [1.29, 1.82) is 0 Å². The molecule has 3 aromatic carbocycles. The molecule has 1 atom stereocenters. The van der Waals surface area contributed by atoms with Gasteiger partial charge < -0.3 is 18.9 Å². The molecule has 0 spiro atoms. The monoisotopic (exact) mass is 558 g/mol. The van der Waals surface area contributed by atoms with Gasteiger partial charge in [-0.15, -0.1) is 0 Å². The SMILES string of the molecule is CCN(CC(C)C)c1ccccc1Oc1ccc2nc(COc3ccc(CC4SC(=O)NC4=O)cc3)n(C)c2c1. The van der Waals surface area contributed by atoms with E-state index in [-0.39, 0.29) is 16.4 Å². The number of imide groups is 1. The summed E-state index contributed by atoms with van der Waals surface area (Å²) in [6.45, 7) is 8.78. The van der Waals surface area contributed by atoms with Gasteiger partial charge in [-0.25, -0.2) is 4.98 Å². The summed E-state index contributed by atoms with van der Waals surface area (Å²) in [5.74, 6) is 3.40. The number of amides is 2. The number of rotatable bonds is 11. The lowest BCUT2D eigenvalue weighted by molar-refractivity contribution is -0.118. The van der Waals surface area contributed by atoms with Crippen LogP contribution in [0.5, 0.6) is 17.2 Å². The third-order valence-corrected chi connectivity index (χ3v) is 7.81. The van der Waals surface area contributed by atoms with Gasteiger partial charge in [0, 0.05) is 26.2 Å². The number of hydrogen-bond donors (Lipinski definition) is 1. The molecule has 1 saturated heterocycles. The van der Waals surface area contributed by atoms with Gasteiger partial charge in [0.1, 0.15) is 23.9 Å². The fourth-order valence-corrected chi connectivity index (χ4v) is 5.65. The normalized spacial score (nSPS) is 15.1. The predicted molar refractivity (Wildman–Crippen MR) is 159 cm³/mol. The lowest BCUT2D eigenvalue weighted by Crippen LogP contribution is -2.27. The van der Waals surface area contributed by atoms with Crippen LogP contribution in [-0.4, -0.2) is 39.0 Å². The molecule has 0 aliphatic carbocycles. The number of imidazole rings is 1. The van der Waals surface area contributed by atoms with Crippen LogP contribution in [0.4, 0.5) is 10.5 Å². The molecular weight excluding hydrogens is 524 g/mol. The lowest BCUT2D eigenvalue weighted by Gasteiger charge is -2.27. The molecule has 9 heteroatoms. The standard InChI is InChI=1S/C31H34N4O4S/c1-5-35(18-20(2)3)25-8-6-7-9-27(25)39-23-14-15-24-26(17-23)34(4)29(32-24)19-38-22-12-10-21(11-13-22)16-28-30(36)33-31(37)40-28/h6-15,17,20,28H,5,16,18-19H2,1-4H3,(H,33,36,37). The molecule has 1 N–H and O–H groups in total. The summed E-state index contributed by atoms with van der Waals surface area (Å²) in [5.41, 5.74) is 3.88. The summed E-state index contributed by atoms with van der Waals surface area (Å²) in [5, 5.41) is 1.66. The fraction of sp³-hybridized carbons (Fsp3) is 0.323. The number of anilines is 1. The number of fused-ring (bicyclic) bond motifs is 1. The van der Waals surface area contributed by atoms with E-state index in [2.05, 4.69) is 37.1 Å². The predicted octanol–water partition coefficient (Wildman–Crippen LogP) is 6.32. The van der Waals surface area contributed by atoms with Crippen molar-refractivity contribution in [3.63, 3.8) is 0 Å². The number of nitrogens with zero attached hydrogens (tertiary/aromatic N) is 3. The van der Waals surface area contributed by atoms with Crippen LogP contribution in [0, 0.1) is 5.92 Å². The molecule has 4 aromatic rings. The first-order valence-corrected chi connectivity index (χ1v) is 14.4. The maximum Gasteiger partial charge on any atom is 0.286 e. The van der Waals surface area contributed by atoms with Crippen LogP contribution in [0.25, 0.3) is 11.0 Å². The fourth-order valence-electron chi connectivity index (χ4n) is 4.79. The maximum atomic E-state index is 11.8. The summed E-state index contributed by atoms with van der Waals surface area (Å²) >= 11 is 1.04. The second-order valence-corrected chi connectivity index (χ2v) is 11.4. The second-order valence-electron chi connectivity index (χ2n) is 10.3. The Bertz CT molecular complexity index is 1520. The van der Waals surface area contributed by atoms with E-state index in [1.807, 2.05) is 72.3 Å². The zero-order chi connectivity index (χ0) is 28.2. The highest BCUT2D eigenvalue weighted by molar-refractivity contribution is 8.15. The molecule has 1 aliphatic rings. The zero-order valence-electron chi connectivity index (χ0n) is 23.2. The van der Waals surface area contributed by atoms with E-state index in [1.165, 1.54) is 0 Å². The van der Waals surface area contributed by atoms with Gasteiger partial charge in [0.2, 0.25) is 5.91 Å². The molecule has 0 bridgehead atoms. The summed E-state index contributed by atoms with van der Waals surface area (Å²) in [6.07, 6.45) is 0.496. The molecule has 1 unspecified atom stereocenters. The van der Waals surface area contributed by atoms with E-state index in [4.69, 9.17) is 14.5 Å². The van der Waals surface area contributed by atoms with Gasteiger partial charge in [-0.2, -0.15) is 0 Å². The molecule has 5 rings (SSSR count). The summed E-state index contributed by atoms with van der Waals surface area (Å²) in [4.78, 5) is 30.3. The van der Waals surface area contributed by atoms with Crippen molar-refractivity contribution in [3.05, 3.63) is 78.1 Å². The molecule has 8 nitrogen and oxygen atoms in total. The number of carbonyl (C=O) groups is 2. The topological polar surface area (TPSA) is 85.7 Å². The first-order chi connectivity index (χ1) is 19.3. The molecule has 40 heavy (non-hydrogen) atoms. The Hall–Kier alpha value is -3.98. The number of aryl methyl sites for hydroxylation is 1. The number of thioether (sulfide) groups is 1. The molecule has 208 valence electrons. The van der Waals surface area contributed by atoms with E-state index in [1.54, 1.807) is 0 Å². The highest BCUT2D eigenvalue weighted by Gasteiger charge is 2.31. The van der Waals surface area contributed by atoms with Crippen molar-refractivity contribution in [3.8, 4) is 17.2 Å². The van der Waals surface area contributed by atoms with Crippen molar-refractivity contribution in [2.24, 2.45) is 13.0 Å². The second kappa shape index (κ2) is 12.0. The smallest absolute Gasteiger partial charge is 0.286 e. The van der Waals surface area contributed by atoms with Crippen molar-refractivity contribution < 1.29 is 19.1 Å². The van der Waals surface area contributed by atoms with E-state index in [9.17, 15) is 9.59 Å². The lowest BCUT2D eigenvalue weighted by atomic mass is 10.1. The number of nitrogens with one attached hydrogen (secondary N) is 1. The molecular formula is C31H34N4O4S. The van der Waals surface area contributed by atoms with Gasteiger partial charge in [-0.05, 0) is 61.2 Å². The minimum atomic E-state index is -0.382. The van der Waals surface area contributed by atoms with Crippen LogP contribution in [0.3, 0.4) is 0 Å². The van der Waals surface area contributed by atoms with Crippen LogP contribution in [0.2, 0.25) is 0 Å². The number of para-hydroxylation sites is 2. The number of carbonyl (C=O) groups excluding carboxylic acids is 2. The maximum absolute atomic E-state index is 11.8. The Morgan fingerprint density at radius 1 is 1.05 bits per heavy atom. The molecule has 1 aromatic heterocycles. The number of benzene rings is 3. The molecule has 1 fully saturated rings. The van der Waals surface area contributed by atoms with E-state index in [0.717, 1.165) is 64.5 Å². The van der Waals surface area contributed by atoms with E-state index in [0.29, 0.717) is 24.7 Å². The van der Waals surface area contributed by atoms with Gasteiger partial charge in [-0.1, -0.05) is 49.9 Å². The quantitative estimate of drug-likeness (QED) is 0.231. The zero-order valence-corrected chi connectivity index (χ0v) is 24.0. The summed E-state index contributed by atoms with van der Waals surface area (Å²) in [7, 11) is 1.97. The molecule has 2 amide bonds. The Morgan fingerprint density at radius 2 is 1.80 bits per heavy atom. The third-order valence-electron chi connectivity index (χ3n) is 6.83. The highest BCUT2D eigenvalue weighted by atomic mass is 32.2. The van der Waals surface area contributed by atoms with Crippen molar-refractivity contribution in [2.45, 2.75) is 39.0 Å². The van der Waals surface area contributed by atoms with Crippen molar-refractivity contribution in [1.82, 2.24) is 14.9 Å². The van der Waals surface area contributed by atoms with Crippen LogP contribution in [0.15, 0.2) is 66.7 Å². The van der Waals surface area contributed by atoms with Gasteiger partial charge in [0.15, 0.2) is 5.75 Å². The molecule has 2 heterocycles. The van der Waals surface area contributed by atoms with E-state index < -0.39 is 0 Å². The van der Waals surface area contributed by atoms with Gasteiger partial charge in [-0.3, -0.25) is 14.9 Å². The molecule has 1 aliphatic heterocycles. The number of aromatic nitrogens is 2. The molecule has 0 radical (unpaired) electrons. The minimum absolute atomic E-state index is 0.232. The minimum Gasteiger partial charge on any atom is -0.486 e. The van der Waals surface area contributed by atoms with Crippen LogP contribution in [-0.2, 0) is 24.9 Å². The van der Waals surface area contributed by atoms with Crippen molar-refractivity contribution in [2.75, 3.05) is 18.0 Å². The Balaban J connectivity index is 1.26. The van der Waals surface area contributed by atoms with Crippen LogP contribution < -0.4 is 19.7 Å². The number of ether oxygens (including phenoxy) is 2. The van der Waals surface area contributed by atoms with Gasteiger partial charge in [0.25, 0.3) is 5.24 Å². The Labute approximate surface area is 238 Å². The van der Waals surface area contributed by atoms with Crippen molar-refractivity contribution >= 4 is 39.6 Å². The Kier molecular flexibility index (Phi) is 8.30. The summed E-state index contributed by atoms with van der Waals surface area (Å²) in [6, 6.07) is 21.7. The average Bonchev–Trinajstić information content (AvgIpc) is 3.43. The van der Waals surface area contributed by atoms with Crippen LogP contribution >= 0.6 is 11.8 Å². The highest BCUT2D eigenvalue weighted by Crippen LogP contribution is 2.34. The first kappa shape index (κ1) is 27.6. The average molecular weight is 559 g/mol. The third kappa shape index (κ3) is 6.25. The summed E-state index contributed by atoms with van der Waals surface area (Å²) < 4.78 is 14.4. The number of hydrogen-bond acceptors (Lipinski definition) is 7. The van der Waals surface area contributed by atoms with Gasteiger partial charge >= 0.3 is 0 Å². The van der Waals surface area contributed by atoms with E-state index >= 15 is 0 Å². The largest absolute Gasteiger partial charge is 0.486 e. The molecule has 0 saturated carbocycles. The van der Waals surface area contributed by atoms with Gasteiger partial charge in [0.05, 0.1) is 22.0 Å².